The molecule has 88 valence electrons. The van der Waals surface area contributed by atoms with Crippen molar-refractivity contribution in [3.63, 3.8) is 0 Å². The lowest BCUT2D eigenvalue weighted by Gasteiger charge is -2.12. The van der Waals surface area contributed by atoms with Crippen molar-refractivity contribution in [1.29, 1.82) is 0 Å². The quantitative estimate of drug-likeness (QED) is 0.695. The molecular weight excluding hydrogens is 220 g/mol. The Morgan fingerprint density at radius 1 is 0.889 bits per heavy atom. The highest BCUT2D eigenvalue weighted by atomic mass is 14.7. The highest BCUT2D eigenvalue weighted by molar-refractivity contribution is 6.00. The summed E-state index contributed by atoms with van der Waals surface area (Å²) >= 11 is 0. The number of aromatic nitrogens is 1. The van der Waals surface area contributed by atoms with E-state index in [0.29, 0.717) is 0 Å². The third-order valence-electron chi connectivity index (χ3n) is 3.18. The first kappa shape index (κ1) is 10.8. The van der Waals surface area contributed by atoms with E-state index in [1.807, 2.05) is 43.3 Å². The molecule has 0 saturated carbocycles. The second-order valence-electron chi connectivity index (χ2n) is 4.37. The van der Waals surface area contributed by atoms with Crippen LogP contribution >= 0.6 is 0 Å². The summed E-state index contributed by atoms with van der Waals surface area (Å²) in [5.74, 6) is 0. The minimum atomic E-state index is 0.764. The Morgan fingerprint density at radius 2 is 1.56 bits per heavy atom. The minimum absolute atomic E-state index is 0.764. The summed E-state index contributed by atoms with van der Waals surface area (Å²) in [6.07, 6.45) is 0. The predicted molar refractivity (Wildman–Crippen MR) is 76.3 cm³/mol. The zero-order valence-electron chi connectivity index (χ0n) is 10.2. The molecule has 0 bridgehead atoms. The molecule has 0 atom stereocenters. The van der Waals surface area contributed by atoms with Gasteiger partial charge in [0, 0.05) is 10.9 Å². The maximum Gasteiger partial charge on any atom is 0.0713 e. The number of nitrogen functional groups attached to an aromatic ring is 1. The summed E-state index contributed by atoms with van der Waals surface area (Å²) in [6, 6.07) is 18.3. The fourth-order valence-corrected chi connectivity index (χ4v) is 2.27. The Hall–Kier alpha value is -2.35. The molecule has 0 amide bonds. The van der Waals surface area contributed by atoms with Gasteiger partial charge in [0.1, 0.15) is 0 Å². The first-order valence-corrected chi connectivity index (χ1v) is 5.97. The van der Waals surface area contributed by atoms with E-state index < -0.39 is 0 Å². The summed E-state index contributed by atoms with van der Waals surface area (Å²) < 4.78 is 0. The molecular formula is C16H14N2. The van der Waals surface area contributed by atoms with E-state index in [-0.39, 0.29) is 0 Å². The van der Waals surface area contributed by atoms with Gasteiger partial charge >= 0.3 is 0 Å². The van der Waals surface area contributed by atoms with Crippen LogP contribution in [0.2, 0.25) is 0 Å². The maximum atomic E-state index is 6.22. The lowest BCUT2D eigenvalue weighted by molar-refractivity contribution is 1.26. The molecule has 3 rings (SSSR count). The van der Waals surface area contributed by atoms with Gasteiger partial charge in [-0.25, -0.2) is 0 Å². The zero-order chi connectivity index (χ0) is 12.5. The number of para-hydroxylation sites is 1. The fourth-order valence-electron chi connectivity index (χ4n) is 2.27. The van der Waals surface area contributed by atoms with E-state index in [1.54, 1.807) is 0 Å². The normalized spacial score (nSPS) is 10.7. The van der Waals surface area contributed by atoms with Crippen LogP contribution < -0.4 is 5.73 Å². The number of nitrogens with two attached hydrogens (primary N) is 1. The van der Waals surface area contributed by atoms with Crippen LogP contribution in [0.15, 0.2) is 54.6 Å². The van der Waals surface area contributed by atoms with Gasteiger partial charge in [0.05, 0.1) is 16.9 Å². The third kappa shape index (κ3) is 1.63. The Kier molecular flexibility index (Phi) is 2.49. The number of hydrogen-bond acceptors (Lipinski definition) is 2. The number of hydrogen-bond donors (Lipinski definition) is 1. The average molecular weight is 234 g/mol. The fraction of sp³-hybridized carbons (Fsp3) is 0.0625. The molecule has 18 heavy (non-hydrogen) atoms. The van der Waals surface area contributed by atoms with E-state index in [2.05, 4.69) is 23.2 Å². The van der Waals surface area contributed by atoms with Gasteiger partial charge in [0.25, 0.3) is 0 Å². The van der Waals surface area contributed by atoms with Crippen LogP contribution in [0.5, 0.6) is 0 Å². The average Bonchev–Trinajstić information content (AvgIpc) is 2.41. The SMILES string of the molecule is Cc1nc2ccccc2c(-c2ccccc2)c1N. The van der Waals surface area contributed by atoms with Crippen molar-refractivity contribution in [2.45, 2.75) is 6.92 Å². The summed E-state index contributed by atoms with van der Waals surface area (Å²) in [7, 11) is 0. The largest absolute Gasteiger partial charge is 0.397 e. The van der Waals surface area contributed by atoms with Crippen molar-refractivity contribution in [2.24, 2.45) is 0 Å². The Labute approximate surface area is 106 Å². The molecule has 0 unspecified atom stereocenters. The molecule has 0 aliphatic heterocycles. The minimum Gasteiger partial charge on any atom is -0.397 e. The van der Waals surface area contributed by atoms with Gasteiger partial charge in [-0.1, -0.05) is 48.5 Å². The maximum absolute atomic E-state index is 6.22. The summed E-state index contributed by atoms with van der Waals surface area (Å²) in [5, 5.41) is 1.10. The van der Waals surface area contributed by atoms with Gasteiger partial charge < -0.3 is 5.73 Å². The monoisotopic (exact) mass is 234 g/mol. The Morgan fingerprint density at radius 3 is 2.33 bits per heavy atom. The molecule has 0 saturated heterocycles. The summed E-state index contributed by atoms with van der Waals surface area (Å²) in [6.45, 7) is 1.95. The van der Waals surface area contributed by atoms with Crippen molar-refractivity contribution in [1.82, 2.24) is 4.98 Å². The second-order valence-corrected chi connectivity index (χ2v) is 4.37. The molecule has 1 heterocycles. The summed E-state index contributed by atoms with van der Waals surface area (Å²) in [4.78, 5) is 4.54. The molecule has 0 aliphatic rings. The van der Waals surface area contributed by atoms with Crippen LogP contribution in [-0.4, -0.2) is 4.98 Å². The first-order valence-electron chi connectivity index (χ1n) is 5.97. The number of anilines is 1. The van der Waals surface area contributed by atoms with Crippen molar-refractivity contribution in [2.75, 3.05) is 5.73 Å². The molecule has 2 N–H and O–H groups in total. The van der Waals surface area contributed by atoms with Gasteiger partial charge in [-0.2, -0.15) is 0 Å². The number of benzene rings is 2. The van der Waals surface area contributed by atoms with Gasteiger partial charge in [-0.15, -0.1) is 0 Å². The standard InChI is InChI=1S/C16H14N2/c1-11-16(17)15(12-7-3-2-4-8-12)13-9-5-6-10-14(13)18-11/h2-10H,17H2,1H3. The highest BCUT2D eigenvalue weighted by Gasteiger charge is 2.11. The Bertz CT molecular complexity index is 703. The zero-order valence-corrected chi connectivity index (χ0v) is 10.2. The number of rotatable bonds is 1. The van der Waals surface area contributed by atoms with Gasteiger partial charge in [0.15, 0.2) is 0 Å². The molecule has 2 aromatic carbocycles. The Balaban J connectivity index is 2.43. The van der Waals surface area contributed by atoms with E-state index in [4.69, 9.17) is 5.73 Å². The van der Waals surface area contributed by atoms with Crippen LogP contribution in [0.4, 0.5) is 5.69 Å². The van der Waals surface area contributed by atoms with Crippen molar-refractivity contribution in [3.8, 4) is 11.1 Å². The van der Waals surface area contributed by atoms with Crippen LogP contribution in [0.3, 0.4) is 0 Å². The molecule has 0 radical (unpaired) electrons. The van der Waals surface area contributed by atoms with Crippen LogP contribution in [0.25, 0.3) is 22.0 Å². The topological polar surface area (TPSA) is 38.9 Å². The molecule has 0 fully saturated rings. The smallest absolute Gasteiger partial charge is 0.0713 e. The van der Waals surface area contributed by atoms with E-state index >= 15 is 0 Å². The molecule has 3 aromatic rings. The first-order chi connectivity index (χ1) is 8.77. The van der Waals surface area contributed by atoms with Crippen molar-refractivity contribution in [3.05, 3.63) is 60.3 Å². The molecule has 0 spiro atoms. The lowest BCUT2D eigenvalue weighted by Crippen LogP contribution is -1.98. The van der Waals surface area contributed by atoms with E-state index in [9.17, 15) is 0 Å². The van der Waals surface area contributed by atoms with E-state index in [1.165, 1.54) is 0 Å². The number of pyridine rings is 1. The van der Waals surface area contributed by atoms with Crippen molar-refractivity contribution < 1.29 is 0 Å². The van der Waals surface area contributed by atoms with Gasteiger partial charge in [-0.3, -0.25) is 4.98 Å². The second kappa shape index (κ2) is 4.15. The van der Waals surface area contributed by atoms with Crippen LogP contribution in [0.1, 0.15) is 5.69 Å². The third-order valence-corrected chi connectivity index (χ3v) is 3.18. The molecule has 0 aliphatic carbocycles. The molecule has 1 aromatic heterocycles. The number of aryl methyl sites for hydroxylation is 1. The van der Waals surface area contributed by atoms with Gasteiger partial charge in [-0.05, 0) is 18.6 Å². The van der Waals surface area contributed by atoms with Crippen LogP contribution in [-0.2, 0) is 0 Å². The van der Waals surface area contributed by atoms with Gasteiger partial charge in [0.2, 0.25) is 0 Å². The lowest BCUT2D eigenvalue weighted by atomic mass is 9.98. The van der Waals surface area contributed by atoms with E-state index in [0.717, 1.165) is 33.4 Å². The molecule has 2 heteroatoms. The highest BCUT2D eigenvalue weighted by Crippen LogP contribution is 2.34. The predicted octanol–water partition coefficient (Wildman–Crippen LogP) is 3.79. The number of fused-ring (bicyclic) bond motifs is 1. The number of nitrogens with zero attached hydrogens (tertiary/aromatic N) is 1. The molecule has 2 nitrogen and oxygen atoms in total. The van der Waals surface area contributed by atoms with Crippen LogP contribution in [0, 0.1) is 6.92 Å². The summed E-state index contributed by atoms with van der Waals surface area (Å²) in [5.41, 5.74) is 11.1. The van der Waals surface area contributed by atoms with Crippen molar-refractivity contribution >= 4 is 16.6 Å².